The van der Waals surface area contributed by atoms with Crippen LogP contribution in [0.5, 0.6) is 11.5 Å². The molecule has 2 atom stereocenters. The molecule has 1 aliphatic heterocycles. The summed E-state index contributed by atoms with van der Waals surface area (Å²) < 4.78 is 69.1. The van der Waals surface area contributed by atoms with Gasteiger partial charge in [-0.25, -0.2) is 4.79 Å². The van der Waals surface area contributed by atoms with Crippen molar-refractivity contribution in [3.05, 3.63) is 54.1 Å². The zero-order valence-electron chi connectivity index (χ0n) is 16.5. The summed E-state index contributed by atoms with van der Waals surface area (Å²) in [6.07, 6.45) is 0.0502. The standard InChI is InChI=1S/C21H21F4NO5/c1-28-19(27)13-2-4-14(5-3-13)26-11-18(10-15(26)12-29-20(22)23)30-16-6-8-17(9-7-16)31-21(24)25/h2-9,15,18,20-21H,10-12H2,1H3/t15-,18-/m0/s1. The molecule has 1 heterocycles. The number of hydrogen-bond donors (Lipinski definition) is 0. The smallest absolute Gasteiger partial charge is 0.387 e. The van der Waals surface area contributed by atoms with Crippen LogP contribution in [0.15, 0.2) is 48.5 Å². The molecule has 2 aromatic rings. The van der Waals surface area contributed by atoms with E-state index in [0.717, 1.165) is 0 Å². The molecule has 10 heteroatoms. The van der Waals surface area contributed by atoms with E-state index >= 15 is 0 Å². The minimum Gasteiger partial charge on any atom is -0.489 e. The highest BCUT2D eigenvalue weighted by atomic mass is 19.3. The number of alkyl halides is 4. The van der Waals surface area contributed by atoms with Gasteiger partial charge in [-0.05, 0) is 48.5 Å². The highest BCUT2D eigenvalue weighted by Crippen LogP contribution is 2.30. The summed E-state index contributed by atoms with van der Waals surface area (Å²) in [5.74, 6) is -0.0432. The average molecular weight is 443 g/mol. The van der Waals surface area contributed by atoms with Crippen molar-refractivity contribution < 1.29 is 41.3 Å². The lowest BCUT2D eigenvalue weighted by molar-refractivity contribution is -0.131. The van der Waals surface area contributed by atoms with Crippen LogP contribution in [0.1, 0.15) is 16.8 Å². The first-order valence-corrected chi connectivity index (χ1v) is 9.42. The molecule has 0 bridgehead atoms. The van der Waals surface area contributed by atoms with Crippen LogP contribution in [0, 0.1) is 0 Å². The van der Waals surface area contributed by atoms with Crippen molar-refractivity contribution >= 4 is 11.7 Å². The number of ether oxygens (including phenoxy) is 4. The minimum absolute atomic E-state index is 0.00399. The van der Waals surface area contributed by atoms with Gasteiger partial charge in [0.25, 0.3) is 0 Å². The van der Waals surface area contributed by atoms with Gasteiger partial charge in [-0.15, -0.1) is 0 Å². The molecule has 6 nitrogen and oxygen atoms in total. The summed E-state index contributed by atoms with van der Waals surface area (Å²) in [4.78, 5) is 13.5. The fourth-order valence-electron chi connectivity index (χ4n) is 3.42. The summed E-state index contributed by atoms with van der Waals surface area (Å²) in [7, 11) is 1.28. The molecule has 0 spiro atoms. The van der Waals surface area contributed by atoms with Crippen molar-refractivity contribution in [3.63, 3.8) is 0 Å². The molecule has 0 amide bonds. The Balaban J connectivity index is 1.70. The van der Waals surface area contributed by atoms with Crippen molar-refractivity contribution in [1.82, 2.24) is 0 Å². The van der Waals surface area contributed by atoms with Crippen LogP contribution < -0.4 is 14.4 Å². The van der Waals surface area contributed by atoms with Gasteiger partial charge in [0.15, 0.2) is 0 Å². The summed E-state index contributed by atoms with van der Waals surface area (Å²) in [5, 5.41) is 0. The largest absolute Gasteiger partial charge is 0.489 e. The maximum Gasteiger partial charge on any atom is 0.387 e. The molecule has 168 valence electrons. The van der Waals surface area contributed by atoms with Crippen LogP contribution in [-0.4, -0.2) is 51.6 Å². The van der Waals surface area contributed by atoms with E-state index in [0.29, 0.717) is 30.0 Å². The average Bonchev–Trinajstić information content (AvgIpc) is 3.15. The zero-order chi connectivity index (χ0) is 22.4. The molecule has 0 unspecified atom stereocenters. The van der Waals surface area contributed by atoms with E-state index in [1.54, 1.807) is 24.3 Å². The second-order valence-electron chi connectivity index (χ2n) is 6.76. The third-order valence-corrected chi connectivity index (χ3v) is 4.76. The van der Waals surface area contributed by atoms with Crippen LogP contribution in [-0.2, 0) is 9.47 Å². The molecule has 0 aromatic heterocycles. The number of hydrogen-bond acceptors (Lipinski definition) is 6. The topological polar surface area (TPSA) is 57.2 Å². The molecule has 1 aliphatic rings. The Morgan fingerprint density at radius 1 is 1.00 bits per heavy atom. The number of benzene rings is 2. The van der Waals surface area contributed by atoms with Crippen LogP contribution in [0.25, 0.3) is 0 Å². The monoisotopic (exact) mass is 443 g/mol. The summed E-state index contributed by atoms with van der Waals surface area (Å²) >= 11 is 0. The first-order chi connectivity index (χ1) is 14.9. The number of carbonyl (C=O) groups excluding carboxylic acids is 1. The van der Waals surface area contributed by atoms with Gasteiger partial charge in [-0.2, -0.15) is 17.6 Å². The SMILES string of the molecule is COC(=O)c1ccc(N2C[C@@H](Oc3ccc(OC(F)F)cc3)C[C@H]2COC(F)F)cc1. The van der Waals surface area contributed by atoms with Crippen molar-refractivity contribution in [3.8, 4) is 11.5 Å². The lowest BCUT2D eigenvalue weighted by Gasteiger charge is -2.26. The number of esters is 1. The number of rotatable bonds is 9. The molecule has 1 fully saturated rings. The molecule has 3 rings (SSSR count). The predicted octanol–water partition coefficient (Wildman–Crippen LogP) is 4.34. The van der Waals surface area contributed by atoms with Crippen LogP contribution in [0.3, 0.4) is 0 Å². The lowest BCUT2D eigenvalue weighted by Crippen LogP contribution is -2.34. The fourth-order valence-corrected chi connectivity index (χ4v) is 3.42. The number of methoxy groups -OCH3 is 1. The van der Waals surface area contributed by atoms with E-state index in [4.69, 9.17) is 4.74 Å². The maximum absolute atomic E-state index is 12.6. The summed E-state index contributed by atoms with van der Waals surface area (Å²) in [6, 6.07) is 11.9. The number of halogens is 4. The van der Waals surface area contributed by atoms with E-state index in [1.807, 2.05) is 4.90 Å². The molecule has 2 aromatic carbocycles. The first-order valence-electron chi connectivity index (χ1n) is 9.42. The second kappa shape index (κ2) is 10.3. The Morgan fingerprint density at radius 3 is 2.23 bits per heavy atom. The summed E-state index contributed by atoms with van der Waals surface area (Å²) in [5.41, 5.74) is 1.08. The molecule has 31 heavy (non-hydrogen) atoms. The number of nitrogens with zero attached hydrogens (tertiary/aromatic N) is 1. The van der Waals surface area contributed by atoms with Gasteiger partial charge in [0, 0.05) is 12.1 Å². The lowest BCUT2D eigenvalue weighted by atomic mass is 10.1. The van der Waals surface area contributed by atoms with Crippen LogP contribution in [0.4, 0.5) is 23.2 Å². The predicted molar refractivity (Wildman–Crippen MR) is 103 cm³/mol. The third-order valence-electron chi connectivity index (χ3n) is 4.76. The van der Waals surface area contributed by atoms with Crippen molar-refractivity contribution in [2.24, 2.45) is 0 Å². The Labute approximate surface area is 176 Å². The molecule has 0 radical (unpaired) electrons. The molecule has 0 aliphatic carbocycles. The van der Waals surface area contributed by atoms with Crippen LogP contribution in [0.2, 0.25) is 0 Å². The molecule has 1 saturated heterocycles. The number of carbonyl (C=O) groups is 1. The van der Waals surface area contributed by atoms with E-state index in [9.17, 15) is 22.4 Å². The Bertz CT molecular complexity index is 848. The van der Waals surface area contributed by atoms with E-state index in [1.165, 1.54) is 31.4 Å². The van der Waals surface area contributed by atoms with Gasteiger partial charge >= 0.3 is 19.2 Å². The van der Waals surface area contributed by atoms with Crippen molar-refractivity contribution in [1.29, 1.82) is 0 Å². The van der Waals surface area contributed by atoms with Crippen molar-refractivity contribution in [2.75, 3.05) is 25.2 Å². The van der Waals surface area contributed by atoms with E-state index in [-0.39, 0.29) is 24.5 Å². The Kier molecular flexibility index (Phi) is 7.56. The third kappa shape index (κ3) is 6.24. The zero-order valence-corrected chi connectivity index (χ0v) is 16.5. The van der Waals surface area contributed by atoms with Crippen LogP contribution >= 0.6 is 0 Å². The molecular weight excluding hydrogens is 422 g/mol. The van der Waals surface area contributed by atoms with Gasteiger partial charge in [0.05, 0.1) is 31.9 Å². The van der Waals surface area contributed by atoms with Gasteiger partial charge in [-0.1, -0.05) is 0 Å². The second-order valence-corrected chi connectivity index (χ2v) is 6.76. The highest BCUT2D eigenvalue weighted by Gasteiger charge is 2.34. The highest BCUT2D eigenvalue weighted by molar-refractivity contribution is 5.89. The number of anilines is 1. The quantitative estimate of drug-likeness (QED) is 0.425. The minimum atomic E-state index is -2.92. The fraction of sp³-hybridized carbons (Fsp3) is 0.381. The normalized spacial score (nSPS) is 18.5. The maximum atomic E-state index is 12.6. The Hall–Kier alpha value is -3.01. The van der Waals surface area contributed by atoms with E-state index < -0.39 is 19.2 Å². The van der Waals surface area contributed by atoms with Gasteiger partial charge in [-0.3, -0.25) is 0 Å². The van der Waals surface area contributed by atoms with E-state index in [2.05, 4.69) is 14.2 Å². The Morgan fingerprint density at radius 2 is 1.65 bits per heavy atom. The van der Waals surface area contributed by atoms with Gasteiger partial charge < -0.3 is 23.8 Å². The molecular formula is C21H21F4NO5. The molecule has 0 N–H and O–H groups in total. The van der Waals surface area contributed by atoms with Gasteiger partial charge in [0.2, 0.25) is 0 Å². The first kappa shape index (κ1) is 22.7. The van der Waals surface area contributed by atoms with Gasteiger partial charge in [0.1, 0.15) is 17.6 Å². The van der Waals surface area contributed by atoms with Crippen molar-refractivity contribution in [2.45, 2.75) is 31.8 Å². The summed E-state index contributed by atoms with van der Waals surface area (Å²) in [6.45, 7) is -5.65. The molecule has 0 saturated carbocycles.